The summed E-state index contributed by atoms with van der Waals surface area (Å²) in [6, 6.07) is 2.59. The van der Waals surface area contributed by atoms with Crippen molar-refractivity contribution in [3.8, 4) is 0 Å². The van der Waals surface area contributed by atoms with Gasteiger partial charge in [0.15, 0.2) is 18.7 Å². The number of fused-ring (bicyclic) bond motifs is 1. The van der Waals surface area contributed by atoms with E-state index in [1.807, 2.05) is 49.4 Å². The van der Waals surface area contributed by atoms with E-state index in [4.69, 9.17) is 44.8 Å². The smallest absolute Gasteiger partial charge is 0.311 e. The lowest BCUT2D eigenvalue weighted by atomic mass is 9.77. The zero-order chi connectivity index (χ0) is 60.1. The van der Waals surface area contributed by atoms with Gasteiger partial charge in [0, 0.05) is 81.9 Å². The minimum absolute atomic E-state index is 0.00794. The zero-order valence-corrected chi connectivity index (χ0v) is 50.9. The molecule has 3 saturated heterocycles. The molecule has 4 heterocycles. The maximum absolute atomic E-state index is 14.6. The van der Waals surface area contributed by atoms with E-state index in [1.165, 1.54) is 14.0 Å². The average molecular weight is 1170 g/mol. The molecule has 4 aliphatic rings. The third-order valence-corrected chi connectivity index (χ3v) is 17.6. The number of aliphatic hydroxyl groups excluding tert-OH is 3. The van der Waals surface area contributed by atoms with Gasteiger partial charge in [-0.2, -0.15) is 0 Å². The Labute approximate surface area is 482 Å². The monoisotopic (exact) mass is 1170 g/mol. The van der Waals surface area contributed by atoms with Crippen LogP contribution in [0.3, 0.4) is 0 Å². The number of aliphatic hydroxyl groups is 5. The van der Waals surface area contributed by atoms with Gasteiger partial charge in [-0.15, -0.1) is 0 Å². The number of esters is 2. The van der Waals surface area contributed by atoms with E-state index in [2.05, 4.69) is 16.0 Å². The Morgan fingerprint density at radius 2 is 1.63 bits per heavy atom. The van der Waals surface area contributed by atoms with E-state index >= 15 is 0 Å². The molecule has 81 heavy (non-hydrogen) atoms. The summed E-state index contributed by atoms with van der Waals surface area (Å²) in [5.74, 6) is -3.99. The van der Waals surface area contributed by atoms with Crippen LogP contribution in [0.1, 0.15) is 131 Å². The van der Waals surface area contributed by atoms with Gasteiger partial charge >= 0.3 is 11.9 Å². The Kier molecular flexibility index (Phi) is 23.1. The highest BCUT2D eigenvalue weighted by atomic mass is 35.5. The Morgan fingerprint density at radius 1 is 0.938 bits per heavy atom. The molecule has 1 aliphatic carbocycles. The van der Waals surface area contributed by atoms with Gasteiger partial charge in [0.2, 0.25) is 5.43 Å². The van der Waals surface area contributed by atoms with Gasteiger partial charge < -0.3 is 89.0 Å². The fourth-order valence-corrected chi connectivity index (χ4v) is 12.6. The van der Waals surface area contributed by atoms with Gasteiger partial charge in [-0.1, -0.05) is 32.4 Å². The number of hydrogen-bond acceptors (Lipinski definition) is 20. The molecule has 0 bridgehead atoms. The van der Waals surface area contributed by atoms with Gasteiger partial charge in [0.1, 0.15) is 35.1 Å². The third-order valence-electron chi connectivity index (χ3n) is 17.3. The maximum Gasteiger partial charge on any atom is 0.311 e. The highest BCUT2D eigenvalue weighted by Crippen LogP contribution is 2.42. The molecular formula is C58H95ClN6O16. The summed E-state index contributed by atoms with van der Waals surface area (Å²) in [4.78, 5) is 58.4. The van der Waals surface area contributed by atoms with Crippen molar-refractivity contribution < 1.29 is 73.1 Å². The molecule has 1 aromatic heterocycles. The van der Waals surface area contributed by atoms with Crippen molar-refractivity contribution in [2.75, 3.05) is 72.9 Å². The molecule has 0 unspecified atom stereocenters. The second-order valence-electron chi connectivity index (χ2n) is 24.4. The summed E-state index contributed by atoms with van der Waals surface area (Å²) in [6.07, 6.45) is -5.84. The molecule has 460 valence electrons. The van der Waals surface area contributed by atoms with Gasteiger partial charge in [-0.25, -0.2) is 0 Å². The molecule has 23 heteroatoms. The largest absolute Gasteiger partial charge is 0.459 e. The van der Waals surface area contributed by atoms with Gasteiger partial charge in [0.25, 0.3) is 5.91 Å². The Morgan fingerprint density at radius 3 is 2.26 bits per heavy atom. The summed E-state index contributed by atoms with van der Waals surface area (Å²) in [5, 5.41) is 67.2. The van der Waals surface area contributed by atoms with Crippen molar-refractivity contribution in [1.29, 1.82) is 0 Å². The normalized spacial score (nSPS) is 36.9. The second kappa shape index (κ2) is 28.1. The first-order valence-electron chi connectivity index (χ1n) is 29.0. The van der Waals surface area contributed by atoms with Crippen LogP contribution < -0.4 is 21.4 Å². The molecule has 3 aliphatic heterocycles. The number of aromatic nitrogens is 1. The SMILES string of the molecule is CC[C@H]1OC(=O)[C@H](C)[C@@H](O[C@H]2C[C@@](C)(OC)[C@@H](OC(=O)CCNCCNc3cc4c(=O)c(C(=O)NCCO)cn(C5CC5)c4cc3Cl)[C@H](C)O2)[C@H](C)[C@@H](O[C@@H]2O[C@H](C)C[C@H](N(C)C)[C@H]2O)[C@](C)(O)C[C@@H](C)CN(C)[C@H](C)[C@@H](O)[C@]1(C)O. The van der Waals surface area contributed by atoms with E-state index in [9.17, 15) is 44.7 Å². The molecule has 0 spiro atoms. The molecule has 6 rings (SSSR count). The molecule has 0 radical (unpaired) electrons. The molecule has 1 aromatic carbocycles. The summed E-state index contributed by atoms with van der Waals surface area (Å²) >= 11 is 6.72. The number of carbonyl (C=O) groups excluding carboxylic acids is 3. The van der Waals surface area contributed by atoms with Crippen molar-refractivity contribution in [1.82, 2.24) is 25.0 Å². The standard InChI is InChI=1S/C58H95ClN6O16/c1-15-44-58(10,74)50(70)35(6)64(13)29-31(2)27-56(8,73)51(81-55-48(69)43(63(11)12)24-32(3)76-55)33(4)49(34(5)54(72)78-44)80-46-28-57(9,75-14)52(36(7)77-46)79-45(67)18-19-60-20-21-61-41-25-38-42(26-40(41)59)65(37-16-17-37)30-39(47(38)68)53(71)62-22-23-66/h25-26,30-37,43-44,46,48-52,55,60-61,66,69-70,73-74H,15-24,27-29H2,1-14H3,(H,62,71)/t31-,32-,33+,34-,35-,36+,43+,44-,46+,48-,49+,50-,51-,52+,55+,56-,57-,58-/m1/s1. The number of rotatable bonds is 19. The molecule has 4 fully saturated rings. The highest BCUT2D eigenvalue weighted by molar-refractivity contribution is 6.34. The number of methoxy groups -OCH3 is 1. The lowest BCUT2D eigenvalue weighted by Gasteiger charge is -2.49. The number of pyridine rings is 1. The number of ether oxygens (including phenoxy) is 7. The third kappa shape index (κ3) is 15.8. The summed E-state index contributed by atoms with van der Waals surface area (Å²) in [6.45, 7) is 18.7. The van der Waals surface area contributed by atoms with Crippen LogP contribution >= 0.6 is 11.6 Å². The van der Waals surface area contributed by atoms with E-state index < -0.39 is 113 Å². The number of anilines is 1. The fraction of sp³-hybridized carbons (Fsp3) is 0.793. The molecule has 2 aromatic rings. The highest BCUT2D eigenvalue weighted by Gasteiger charge is 2.54. The van der Waals surface area contributed by atoms with Crippen molar-refractivity contribution >= 4 is 46.0 Å². The van der Waals surface area contributed by atoms with Crippen LogP contribution in [-0.2, 0) is 42.7 Å². The van der Waals surface area contributed by atoms with Crippen LogP contribution in [-0.4, -0.2) is 216 Å². The van der Waals surface area contributed by atoms with Crippen LogP contribution in [0.25, 0.3) is 10.9 Å². The molecular weight excluding hydrogens is 1070 g/mol. The van der Waals surface area contributed by atoms with Crippen LogP contribution in [0, 0.1) is 17.8 Å². The summed E-state index contributed by atoms with van der Waals surface area (Å²) in [7, 11) is 7.06. The van der Waals surface area contributed by atoms with Gasteiger partial charge in [-0.3, -0.25) is 19.2 Å². The number of hydrogen-bond donors (Lipinski definition) is 8. The van der Waals surface area contributed by atoms with Crippen molar-refractivity contribution in [3.05, 3.63) is 39.1 Å². The topological polar surface area (TPSA) is 282 Å². The Balaban J connectivity index is 1.17. The van der Waals surface area contributed by atoms with Gasteiger partial charge in [0.05, 0.1) is 65.2 Å². The lowest BCUT2D eigenvalue weighted by molar-refractivity contribution is -0.318. The first-order valence-corrected chi connectivity index (χ1v) is 29.3. The quantitative estimate of drug-likeness (QED) is 0.0737. The van der Waals surface area contributed by atoms with Crippen LogP contribution in [0.2, 0.25) is 5.02 Å². The van der Waals surface area contributed by atoms with E-state index in [-0.39, 0.29) is 75.0 Å². The van der Waals surface area contributed by atoms with Crippen molar-refractivity contribution in [2.45, 2.75) is 211 Å². The van der Waals surface area contributed by atoms with Crippen LogP contribution in [0.15, 0.2) is 23.1 Å². The Hall–Kier alpha value is -3.59. The maximum atomic E-state index is 14.6. The van der Waals surface area contributed by atoms with Crippen LogP contribution in [0.5, 0.6) is 0 Å². The number of benzene rings is 1. The number of likely N-dealkylation sites (N-methyl/N-ethyl adjacent to an activating group) is 2. The number of amides is 1. The van der Waals surface area contributed by atoms with Crippen molar-refractivity contribution in [2.24, 2.45) is 17.8 Å². The summed E-state index contributed by atoms with van der Waals surface area (Å²) in [5.41, 5.74) is -4.02. The fourth-order valence-electron chi connectivity index (χ4n) is 12.3. The number of nitrogens with zero attached hydrogens (tertiary/aromatic N) is 3. The number of cyclic esters (lactones) is 1. The number of carbonyl (C=O) groups is 3. The number of halogens is 1. The predicted molar refractivity (Wildman–Crippen MR) is 305 cm³/mol. The molecule has 18 atom stereocenters. The molecule has 8 N–H and O–H groups in total. The van der Waals surface area contributed by atoms with Crippen molar-refractivity contribution in [3.63, 3.8) is 0 Å². The molecule has 22 nitrogen and oxygen atoms in total. The van der Waals surface area contributed by atoms with E-state index in [1.54, 1.807) is 66.8 Å². The minimum Gasteiger partial charge on any atom is -0.459 e. The average Bonchev–Trinajstić information content (AvgIpc) is 4.33. The number of nitrogens with one attached hydrogen (secondary N) is 3. The lowest BCUT2D eigenvalue weighted by Crippen LogP contribution is -2.61. The zero-order valence-electron chi connectivity index (χ0n) is 50.1. The first kappa shape index (κ1) is 66.5. The van der Waals surface area contributed by atoms with E-state index in [0.717, 1.165) is 12.8 Å². The Bertz CT molecular complexity index is 2500. The van der Waals surface area contributed by atoms with Gasteiger partial charge in [-0.05, 0) is 120 Å². The summed E-state index contributed by atoms with van der Waals surface area (Å²) < 4.78 is 46.9. The van der Waals surface area contributed by atoms with E-state index in [0.29, 0.717) is 47.7 Å². The second-order valence-corrected chi connectivity index (χ2v) is 24.8. The predicted octanol–water partition coefficient (Wildman–Crippen LogP) is 3.57. The molecule has 1 amide bonds. The minimum atomic E-state index is -1.87. The van der Waals surface area contributed by atoms with Crippen LogP contribution in [0.4, 0.5) is 5.69 Å². The first-order chi connectivity index (χ1) is 38.0. The molecule has 1 saturated carbocycles.